The van der Waals surface area contributed by atoms with Crippen LogP contribution in [0.2, 0.25) is 0 Å². The van der Waals surface area contributed by atoms with Crippen LogP contribution in [0.3, 0.4) is 0 Å². The van der Waals surface area contributed by atoms with Crippen molar-refractivity contribution < 1.29 is 28.2 Å². The summed E-state index contributed by atoms with van der Waals surface area (Å²) in [4.78, 5) is 11.7. The molecule has 30 heavy (non-hydrogen) atoms. The number of nitrogens with zero attached hydrogens (tertiary/aromatic N) is 1. The fraction of sp³-hybridized carbons (Fsp3) is 0.333. The van der Waals surface area contributed by atoms with Gasteiger partial charge in [0.15, 0.2) is 9.84 Å². The van der Waals surface area contributed by atoms with Crippen LogP contribution in [0.1, 0.15) is 46.3 Å². The van der Waals surface area contributed by atoms with Crippen LogP contribution in [0.4, 0.5) is 0 Å². The molecule has 1 saturated carbocycles. The van der Waals surface area contributed by atoms with E-state index in [1.54, 1.807) is 6.07 Å². The van der Waals surface area contributed by atoms with Gasteiger partial charge in [-0.05, 0) is 54.7 Å². The molecule has 1 heterocycles. The Morgan fingerprint density at radius 1 is 1.27 bits per heavy atom. The Balaban J connectivity index is 1.83. The van der Waals surface area contributed by atoms with E-state index in [1.807, 2.05) is 0 Å². The Morgan fingerprint density at radius 3 is 2.60 bits per heavy atom. The summed E-state index contributed by atoms with van der Waals surface area (Å²) in [5.74, 6) is -2.30. The van der Waals surface area contributed by atoms with Crippen molar-refractivity contribution in [1.82, 2.24) is 0 Å². The van der Waals surface area contributed by atoms with Crippen LogP contribution in [0, 0.1) is 11.3 Å². The van der Waals surface area contributed by atoms with Crippen LogP contribution >= 0.6 is 15.9 Å². The van der Waals surface area contributed by atoms with Gasteiger partial charge in [0.05, 0.1) is 23.8 Å². The predicted octanol–water partition coefficient (Wildman–Crippen LogP) is 3.71. The van der Waals surface area contributed by atoms with Gasteiger partial charge in [0.1, 0.15) is 22.0 Å². The van der Waals surface area contributed by atoms with Gasteiger partial charge < -0.3 is 14.9 Å². The molecule has 0 atom stereocenters. The maximum atomic E-state index is 13.2. The Labute approximate surface area is 182 Å². The number of phenols is 1. The van der Waals surface area contributed by atoms with E-state index in [4.69, 9.17) is 4.74 Å². The fourth-order valence-electron chi connectivity index (χ4n) is 3.99. The number of aromatic hydroxyl groups is 1. The second kappa shape index (κ2) is 7.29. The third-order valence-electron chi connectivity index (χ3n) is 5.79. The molecule has 0 amide bonds. The maximum absolute atomic E-state index is 13.2. The van der Waals surface area contributed by atoms with E-state index in [0.717, 1.165) is 12.0 Å². The van der Waals surface area contributed by atoms with Crippen LogP contribution in [0.15, 0.2) is 33.6 Å². The summed E-state index contributed by atoms with van der Waals surface area (Å²) in [6.07, 6.45) is 2.54. The van der Waals surface area contributed by atoms with Gasteiger partial charge in [0, 0.05) is 16.5 Å². The molecule has 2 aromatic carbocycles. The predicted molar refractivity (Wildman–Crippen MR) is 110 cm³/mol. The summed E-state index contributed by atoms with van der Waals surface area (Å²) in [5.41, 5.74) is -0.109. The molecule has 0 bridgehead atoms. The lowest BCUT2D eigenvalue weighted by Gasteiger charge is -2.36. The van der Waals surface area contributed by atoms with Gasteiger partial charge in [-0.3, -0.25) is 0 Å². The molecule has 1 fully saturated rings. The first-order valence-electron chi connectivity index (χ1n) is 9.36. The lowest BCUT2D eigenvalue weighted by Crippen LogP contribution is -2.32. The molecule has 0 spiro atoms. The Kier molecular flexibility index (Phi) is 5.03. The van der Waals surface area contributed by atoms with Gasteiger partial charge in [0.2, 0.25) is 0 Å². The molecule has 0 unspecified atom stereocenters. The molecule has 2 aromatic rings. The highest BCUT2D eigenvalue weighted by atomic mass is 79.9. The molecule has 9 heteroatoms. The number of hydrogen-bond acceptors (Lipinski definition) is 6. The highest BCUT2D eigenvalue weighted by molar-refractivity contribution is 9.10. The molecule has 0 aromatic heterocycles. The number of sulfone groups is 1. The van der Waals surface area contributed by atoms with Crippen LogP contribution in [0.25, 0.3) is 0 Å². The number of nitriles is 1. The number of rotatable bonds is 5. The van der Waals surface area contributed by atoms with Crippen LogP contribution in [0.5, 0.6) is 11.5 Å². The lowest BCUT2D eigenvalue weighted by atomic mass is 9.65. The number of hydrogen-bond donors (Lipinski definition) is 2. The molecule has 1 aliphatic carbocycles. The smallest absolute Gasteiger partial charge is 0.339 e. The average Bonchev–Trinajstić information content (AvgIpc) is 3.10. The quantitative estimate of drug-likeness (QED) is 0.652. The first-order valence-corrected chi connectivity index (χ1v) is 11.8. The topological polar surface area (TPSA) is 125 Å². The zero-order valence-corrected chi connectivity index (χ0v) is 18.2. The van der Waals surface area contributed by atoms with Crippen LogP contribution < -0.4 is 4.74 Å². The number of halogens is 1. The van der Waals surface area contributed by atoms with Crippen molar-refractivity contribution in [2.45, 2.75) is 41.7 Å². The Bertz CT molecular complexity index is 1210. The highest BCUT2D eigenvalue weighted by Gasteiger charge is 2.40. The van der Waals surface area contributed by atoms with Crippen molar-refractivity contribution in [2.75, 3.05) is 6.61 Å². The molecule has 7 nitrogen and oxygen atoms in total. The number of fused-ring (bicyclic) bond motifs is 1. The van der Waals surface area contributed by atoms with Crippen LogP contribution in [-0.2, 0) is 27.4 Å². The van der Waals surface area contributed by atoms with E-state index in [0.29, 0.717) is 41.7 Å². The molecule has 4 rings (SSSR count). The zero-order chi connectivity index (χ0) is 21.7. The Hall–Kier alpha value is -2.57. The van der Waals surface area contributed by atoms with Crippen molar-refractivity contribution in [3.05, 3.63) is 51.0 Å². The first kappa shape index (κ1) is 20.7. The van der Waals surface area contributed by atoms with Gasteiger partial charge in [-0.2, -0.15) is 5.26 Å². The van der Waals surface area contributed by atoms with Crippen molar-refractivity contribution in [3.63, 3.8) is 0 Å². The summed E-state index contributed by atoms with van der Waals surface area (Å²) in [6, 6.07) is 8.20. The van der Waals surface area contributed by atoms with Crippen molar-refractivity contribution in [1.29, 1.82) is 5.26 Å². The van der Waals surface area contributed by atoms with E-state index in [1.165, 1.54) is 18.2 Å². The molecular weight excluding hydrogens is 474 g/mol. The van der Waals surface area contributed by atoms with Gasteiger partial charge in [-0.15, -0.1) is 0 Å². The minimum atomic E-state index is -3.97. The van der Waals surface area contributed by atoms with E-state index >= 15 is 0 Å². The van der Waals surface area contributed by atoms with Crippen LogP contribution in [-0.4, -0.2) is 31.2 Å². The highest BCUT2D eigenvalue weighted by Crippen LogP contribution is 2.45. The monoisotopic (exact) mass is 491 g/mol. The SMILES string of the molecule is N#CC1(c2cc(CS(=O)(=O)c3cc(Br)cc4c3OCC4)c(O)c(C(=O)O)c2)CCC1. The summed E-state index contributed by atoms with van der Waals surface area (Å²) in [7, 11) is -3.97. The number of carbonyl (C=O) groups is 1. The summed E-state index contributed by atoms with van der Waals surface area (Å²) >= 11 is 3.32. The second-order valence-electron chi connectivity index (χ2n) is 7.63. The van der Waals surface area contributed by atoms with Gasteiger partial charge in [-0.1, -0.05) is 15.9 Å². The fourth-order valence-corrected chi connectivity index (χ4v) is 6.21. The third-order valence-corrected chi connectivity index (χ3v) is 7.91. The van der Waals surface area contributed by atoms with Crippen molar-refractivity contribution in [2.24, 2.45) is 0 Å². The molecule has 0 saturated heterocycles. The number of aromatic carboxylic acids is 1. The number of carboxylic acid groups (broad SMARTS) is 1. The van der Waals surface area contributed by atoms with Gasteiger partial charge >= 0.3 is 5.97 Å². The average molecular weight is 492 g/mol. The van der Waals surface area contributed by atoms with Gasteiger partial charge in [-0.25, -0.2) is 13.2 Å². The first-order chi connectivity index (χ1) is 14.2. The van der Waals surface area contributed by atoms with E-state index < -0.39 is 38.3 Å². The van der Waals surface area contributed by atoms with E-state index in [2.05, 4.69) is 22.0 Å². The minimum absolute atomic E-state index is 0.00954. The summed E-state index contributed by atoms with van der Waals surface area (Å²) in [6.45, 7) is 0.378. The number of benzene rings is 2. The molecule has 2 aliphatic rings. The van der Waals surface area contributed by atoms with E-state index in [9.17, 15) is 28.7 Å². The summed E-state index contributed by atoms with van der Waals surface area (Å²) < 4.78 is 32.6. The third kappa shape index (κ3) is 3.34. The molecule has 156 valence electrons. The van der Waals surface area contributed by atoms with E-state index in [-0.39, 0.29) is 10.5 Å². The summed E-state index contributed by atoms with van der Waals surface area (Å²) in [5, 5.41) is 29.6. The zero-order valence-electron chi connectivity index (χ0n) is 15.8. The largest absolute Gasteiger partial charge is 0.507 e. The normalized spacial score (nSPS) is 16.8. The number of ether oxygens (including phenoxy) is 1. The molecule has 2 N–H and O–H groups in total. The second-order valence-corrected chi connectivity index (χ2v) is 10.5. The van der Waals surface area contributed by atoms with Gasteiger partial charge in [0.25, 0.3) is 0 Å². The molecular formula is C21H18BrNO6S. The minimum Gasteiger partial charge on any atom is -0.507 e. The Morgan fingerprint density at radius 2 is 2.00 bits per heavy atom. The molecule has 0 radical (unpaired) electrons. The standard InChI is InChI=1S/C21H18BrNO6S/c22-15-7-12-2-5-29-19(12)17(9-15)30(27,28)10-13-6-14(21(11-23)3-1-4-21)8-16(18(13)24)20(25)26/h6-9,24H,1-5,10H2,(H,25,26). The maximum Gasteiger partial charge on any atom is 0.339 e. The molecule has 1 aliphatic heterocycles. The lowest BCUT2D eigenvalue weighted by molar-refractivity contribution is 0.0693. The number of carboxylic acids is 1. The van der Waals surface area contributed by atoms with Crippen molar-refractivity contribution in [3.8, 4) is 17.6 Å². The van der Waals surface area contributed by atoms with Crippen molar-refractivity contribution >= 4 is 31.7 Å².